The number of hydrogen-bond donors (Lipinski definition) is 4. The highest BCUT2D eigenvalue weighted by Crippen LogP contribution is 2.34. The largest absolute Gasteiger partial charge is 0.496 e. The summed E-state index contributed by atoms with van der Waals surface area (Å²) in [6, 6.07) is 32.8. The summed E-state index contributed by atoms with van der Waals surface area (Å²) in [5, 5.41) is 19.0. The molecule has 3 amide bonds. The number of carbonyl (C=O) groups excluding carboxylic acids is 3. The molecule has 13 heteroatoms. The second-order valence-corrected chi connectivity index (χ2v) is 15.1. The van der Waals surface area contributed by atoms with Crippen molar-refractivity contribution in [3.63, 3.8) is 0 Å². The van der Waals surface area contributed by atoms with E-state index in [-0.39, 0.29) is 23.1 Å². The fourth-order valence-electron chi connectivity index (χ4n) is 6.47. The number of aromatic nitrogens is 1. The van der Waals surface area contributed by atoms with Crippen LogP contribution in [0.5, 0.6) is 28.7 Å². The minimum Gasteiger partial charge on any atom is -0.496 e. The van der Waals surface area contributed by atoms with Crippen molar-refractivity contribution >= 4 is 40.0 Å². The highest BCUT2D eigenvalue weighted by molar-refractivity contribution is 6.07. The quantitative estimate of drug-likeness (QED) is 0.0837. The van der Waals surface area contributed by atoms with E-state index in [1.54, 1.807) is 67.9 Å². The van der Waals surface area contributed by atoms with Gasteiger partial charge in [-0.2, -0.15) is 5.26 Å². The molecule has 0 aliphatic carbocycles. The summed E-state index contributed by atoms with van der Waals surface area (Å²) in [7, 11) is 7.66. The number of nitrogens with one attached hydrogen (secondary N) is 4. The summed E-state index contributed by atoms with van der Waals surface area (Å²) in [4.78, 5) is 41.1. The average molecular weight is 826 g/mol. The van der Waals surface area contributed by atoms with Crippen LogP contribution in [-0.4, -0.2) is 64.8 Å². The molecule has 0 bridgehead atoms. The molecule has 5 aromatic carbocycles. The van der Waals surface area contributed by atoms with Gasteiger partial charge in [0.15, 0.2) is 23.0 Å². The first-order chi connectivity index (χ1) is 29.2. The zero-order valence-electron chi connectivity index (χ0n) is 35.8. The molecule has 0 aliphatic rings. The minimum absolute atomic E-state index is 0.116. The number of hydrogen-bond acceptors (Lipinski definition) is 9. The number of nitriles is 1. The van der Waals surface area contributed by atoms with Crippen LogP contribution >= 0.6 is 0 Å². The zero-order chi connectivity index (χ0) is 44.3. The van der Waals surface area contributed by atoms with Gasteiger partial charge in [-0.1, -0.05) is 50.2 Å². The summed E-state index contributed by atoms with van der Waals surface area (Å²) in [6.45, 7) is 8.22. The van der Waals surface area contributed by atoms with Crippen LogP contribution in [-0.2, 0) is 10.8 Å². The third-order valence-corrected chi connectivity index (χ3v) is 10.2. The van der Waals surface area contributed by atoms with Crippen molar-refractivity contribution < 1.29 is 38.1 Å². The van der Waals surface area contributed by atoms with Gasteiger partial charge in [-0.3, -0.25) is 14.4 Å². The SMILES string of the molecule is COc1ccc(C(=O)Nc2ccc(C(C)(C)C#N)c(OC)c2)cc1OC.COc1ccc(C(=O)Nc2ccc(C(C)(C)CNC(=O)c3c[nH]c4ccccc34)cc2)cc1OC. The fraction of sp³-hybridized carbons (Fsp3) is 0.250. The second kappa shape index (κ2) is 19.5. The van der Waals surface area contributed by atoms with Gasteiger partial charge in [-0.15, -0.1) is 0 Å². The molecule has 61 heavy (non-hydrogen) atoms. The maximum atomic E-state index is 12.8. The lowest BCUT2D eigenvalue weighted by Crippen LogP contribution is -2.36. The molecule has 6 aromatic rings. The van der Waals surface area contributed by atoms with E-state index in [0.29, 0.717) is 63.4 Å². The molecule has 1 aromatic heterocycles. The first kappa shape index (κ1) is 44.6. The fourth-order valence-corrected chi connectivity index (χ4v) is 6.47. The van der Waals surface area contributed by atoms with Gasteiger partial charge in [-0.05, 0) is 80.1 Å². The summed E-state index contributed by atoms with van der Waals surface area (Å²) < 4.78 is 26.3. The van der Waals surface area contributed by atoms with E-state index in [1.165, 1.54) is 28.4 Å². The maximum Gasteiger partial charge on any atom is 0.255 e. The first-order valence-electron chi connectivity index (χ1n) is 19.3. The lowest BCUT2D eigenvalue weighted by atomic mass is 9.84. The molecular weight excluding hydrogens is 775 g/mol. The number of ether oxygens (including phenoxy) is 5. The number of aromatic amines is 1. The summed E-state index contributed by atoms with van der Waals surface area (Å²) >= 11 is 0. The number of nitrogens with zero attached hydrogens (tertiary/aromatic N) is 1. The minimum atomic E-state index is -0.697. The smallest absolute Gasteiger partial charge is 0.255 e. The van der Waals surface area contributed by atoms with Crippen molar-refractivity contribution in [2.45, 2.75) is 38.5 Å². The number of benzene rings is 5. The monoisotopic (exact) mass is 825 g/mol. The predicted molar refractivity (Wildman–Crippen MR) is 237 cm³/mol. The van der Waals surface area contributed by atoms with Gasteiger partial charge in [0.25, 0.3) is 17.7 Å². The zero-order valence-corrected chi connectivity index (χ0v) is 35.8. The number of para-hydroxylation sites is 1. The lowest BCUT2D eigenvalue weighted by molar-refractivity contribution is 0.0946. The van der Waals surface area contributed by atoms with E-state index in [9.17, 15) is 19.6 Å². The molecule has 0 aliphatic heterocycles. The van der Waals surface area contributed by atoms with Crippen LogP contribution in [0.25, 0.3) is 10.9 Å². The van der Waals surface area contributed by atoms with Crippen LogP contribution in [0.3, 0.4) is 0 Å². The molecule has 316 valence electrons. The predicted octanol–water partition coefficient (Wildman–Crippen LogP) is 8.91. The van der Waals surface area contributed by atoms with Crippen molar-refractivity contribution in [1.29, 1.82) is 5.26 Å². The van der Waals surface area contributed by atoms with E-state index in [0.717, 1.165) is 22.0 Å². The topological polar surface area (TPSA) is 173 Å². The van der Waals surface area contributed by atoms with E-state index in [2.05, 4.69) is 40.9 Å². The van der Waals surface area contributed by atoms with Crippen LogP contribution in [0, 0.1) is 11.3 Å². The van der Waals surface area contributed by atoms with Crippen LogP contribution < -0.4 is 39.6 Å². The Bertz CT molecular complexity index is 2550. The molecule has 4 N–H and O–H groups in total. The van der Waals surface area contributed by atoms with Crippen LogP contribution in [0.1, 0.15) is 69.9 Å². The Balaban J connectivity index is 0.000000242. The average Bonchev–Trinajstić information content (AvgIpc) is 3.72. The Morgan fingerprint density at radius 1 is 0.607 bits per heavy atom. The number of anilines is 2. The van der Waals surface area contributed by atoms with Gasteiger partial charge in [0.05, 0.1) is 52.6 Å². The van der Waals surface area contributed by atoms with Crippen molar-refractivity contribution in [3.05, 3.63) is 137 Å². The molecule has 0 fully saturated rings. The van der Waals surface area contributed by atoms with Crippen LogP contribution in [0.2, 0.25) is 0 Å². The third-order valence-electron chi connectivity index (χ3n) is 10.2. The van der Waals surface area contributed by atoms with E-state index >= 15 is 0 Å². The molecule has 0 radical (unpaired) electrons. The Hall–Kier alpha value is -7.46. The summed E-state index contributed by atoms with van der Waals surface area (Å²) in [5.41, 5.74) is 4.49. The van der Waals surface area contributed by atoms with Gasteiger partial charge in [-0.25, -0.2) is 0 Å². The highest BCUT2D eigenvalue weighted by atomic mass is 16.5. The van der Waals surface area contributed by atoms with Gasteiger partial charge < -0.3 is 44.6 Å². The molecular formula is C48H51N5O8. The van der Waals surface area contributed by atoms with Crippen LogP contribution in [0.15, 0.2) is 109 Å². The van der Waals surface area contributed by atoms with Crippen molar-refractivity contribution in [2.75, 3.05) is 52.7 Å². The molecule has 0 unspecified atom stereocenters. The lowest BCUT2D eigenvalue weighted by Gasteiger charge is -2.26. The van der Waals surface area contributed by atoms with Gasteiger partial charge in [0.2, 0.25) is 0 Å². The third kappa shape index (κ3) is 10.6. The number of methoxy groups -OCH3 is 5. The van der Waals surface area contributed by atoms with Gasteiger partial charge in [0, 0.05) is 63.2 Å². The number of amides is 3. The van der Waals surface area contributed by atoms with Crippen molar-refractivity contribution in [3.8, 4) is 34.8 Å². The molecule has 1 heterocycles. The number of fused-ring (bicyclic) bond motifs is 1. The van der Waals surface area contributed by atoms with Gasteiger partial charge in [0.1, 0.15) is 5.75 Å². The molecule has 0 atom stereocenters. The summed E-state index contributed by atoms with van der Waals surface area (Å²) in [6.07, 6.45) is 1.74. The maximum absolute atomic E-state index is 12.8. The normalized spacial score (nSPS) is 11.0. The van der Waals surface area contributed by atoms with Crippen LogP contribution in [0.4, 0.5) is 11.4 Å². The first-order valence-corrected chi connectivity index (χ1v) is 19.3. The van der Waals surface area contributed by atoms with E-state index in [4.69, 9.17) is 23.7 Å². The Morgan fingerprint density at radius 2 is 1.13 bits per heavy atom. The highest BCUT2D eigenvalue weighted by Gasteiger charge is 2.25. The molecule has 6 rings (SSSR count). The summed E-state index contributed by atoms with van der Waals surface area (Å²) in [5.74, 6) is 1.97. The molecule has 0 saturated carbocycles. The Kier molecular flexibility index (Phi) is 14.3. The number of H-pyrrole nitrogens is 1. The molecule has 0 saturated heterocycles. The standard InChI is InChI=1S/C28H29N3O4.C20H22N2O4/c1-28(2,17-30-27(33)22-16-29-23-8-6-5-7-21(22)23)19-10-12-20(13-11-19)31-26(32)18-9-14-24(34-3)25(15-18)35-4;1-20(2,12-21)15-8-7-14(11-17(15)25-4)22-19(23)13-6-9-16(24-3)18(10-13)26-5/h5-16,29H,17H2,1-4H3,(H,30,33)(H,31,32);6-11H,1-5H3,(H,22,23). The number of rotatable bonds is 14. The molecule has 13 nitrogen and oxygen atoms in total. The second-order valence-electron chi connectivity index (χ2n) is 15.1. The van der Waals surface area contributed by atoms with Crippen molar-refractivity contribution in [1.82, 2.24) is 10.3 Å². The molecule has 0 spiro atoms. The Labute approximate surface area is 355 Å². The van der Waals surface area contributed by atoms with Crippen molar-refractivity contribution in [2.24, 2.45) is 0 Å². The number of carbonyl (C=O) groups is 3. The van der Waals surface area contributed by atoms with E-state index < -0.39 is 5.41 Å². The van der Waals surface area contributed by atoms with Gasteiger partial charge >= 0.3 is 0 Å². The Morgan fingerprint density at radius 3 is 1.67 bits per heavy atom. The van der Waals surface area contributed by atoms with E-state index in [1.807, 2.05) is 62.4 Å².